The number of likely N-dealkylation sites (N-methyl/N-ethyl adjacent to an activating group) is 2. The SMILES string of the molecule is CCN(C[C@H](C)O)C[C@@H](O)N(CC)CC(C)(O)O. The van der Waals surface area contributed by atoms with Crippen LogP contribution in [0.3, 0.4) is 0 Å². The summed E-state index contributed by atoms with van der Waals surface area (Å²) in [7, 11) is 0. The van der Waals surface area contributed by atoms with E-state index in [4.69, 9.17) is 0 Å². The first kappa shape index (κ1) is 17.8. The van der Waals surface area contributed by atoms with Crippen LogP contribution < -0.4 is 0 Å². The zero-order valence-electron chi connectivity index (χ0n) is 11.9. The van der Waals surface area contributed by atoms with Crippen LogP contribution in [0.5, 0.6) is 0 Å². The Hall–Kier alpha value is -0.240. The fourth-order valence-corrected chi connectivity index (χ4v) is 1.87. The normalized spacial score (nSPS) is 16.3. The molecule has 110 valence electrons. The molecule has 0 unspecified atom stereocenters. The highest BCUT2D eigenvalue weighted by Gasteiger charge is 2.25. The van der Waals surface area contributed by atoms with Crippen LogP contribution in [0, 0.1) is 0 Å². The second kappa shape index (κ2) is 8.04. The maximum absolute atomic E-state index is 10.1. The molecule has 0 aromatic rings. The minimum atomic E-state index is -1.82. The molecular formula is C12H28N2O4. The molecule has 0 bridgehead atoms. The highest BCUT2D eigenvalue weighted by molar-refractivity contribution is 4.71. The van der Waals surface area contributed by atoms with Crippen molar-refractivity contribution in [3.05, 3.63) is 0 Å². The smallest absolute Gasteiger partial charge is 0.172 e. The molecular weight excluding hydrogens is 236 g/mol. The fourth-order valence-electron chi connectivity index (χ4n) is 1.87. The van der Waals surface area contributed by atoms with Gasteiger partial charge in [0, 0.05) is 13.1 Å². The molecule has 18 heavy (non-hydrogen) atoms. The van der Waals surface area contributed by atoms with Gasteiger partial charge in [0.1, 0.15) is 6.23 Å². The summed E-state index contributed by atoms with van der Waals surface area (Å²) >= 11 is 0. The summed E-state index contributed by atoms with van der Waals surface area (Å²) in [4.78, 5) is 3.51. The van der Waals surface area contributed by atoms with Gasteiger partial charge >= 0.3 is 0 Å². The van der Waals surface area contributed by atoms with E-state index < -0.39 is 18.1 Å². The minimum Gasteiger partial charge on any atom is -0.392 e. The molecule has 6 nitrogen and oxygen atoms in total. The van der Waals surface area contributed by atoms with Gasteiger partial charge in [-0.1, -0.05) is 13.8 Å². The van der Waals surface area contributed by atoms with E-state index in [-0.39, 0.29) is 6.54 Å². The third kappa shape index (κ3) is 7.97. The Labute approximate surface area is 109 Å². The minimum absolute atomic E-state index is 0.0170. The first-order valence-corrected chi connectivity index (χ1v) is 6.46. The molecule has 6 heteroatoms. The zero-order chi connectivity index (χ0) is 14.3. The fraction of sp³-hybridized carbons (Fsp3) is 1.00. The van der Waals surface area contributed by atoms with Gasteiger partial charge in [-0.25, -0.2) is 0 Å². The summed E-state index contributed by atoms with van der Waals surface area (Å²) in [5, 5.41) is 38.1. The van der Waals surface area contributed by atoms with E-state index in [1.54, 1.807) is 11.8 Å². The highest BCUT2D eigenvalue weighted by Crippen LogP contribution is 2.06. The van der Waals surface area contributed by atoms with Gasteiger partial charge in [0.15, 0.2) is 5.79 Å². The van der Waals surface area contributed by atoms with Crippen molar-refractivity contribution in [2.75, 3.05) is 32.7 Å². The molecule has 0 rings (SSSR count). The lowest BCUT2D eigenvalue weighted by Crippen LogP contribution is -2.50. The molecule has 0 aromatic carbocycles. The molecule has 4 N–H and O–H groups in total. The van der Waals surface area contributed by atoms with Crippen molar-refractivity contribution in [2.45, 2.75) is 45.8 Å². The Morgan fingerprint density at radius 2 is 1.61 bits per heavy atom. The van der Waals surface area contributed by atoms with Crippen LogP contribution in [-0.2, 0) is 0 Å². The van der Waals surface area contributed by atoms with Gasteiger partial charge in [-0.2, -0.15) is 0 Å². The lowest BCUT2D eigenvalue weighted by Gasteiger charge is -2.34. The molecule has 2 atom stereocenters. The van der Waals surface area contributed by atoms with Crippen molar-refractivity contribution in [2.24, 2.45) is 0 Å². The Morgan fingerprint density at radius 3 is 1.94 bits per heavy atom. The van der Waals surface area contributed by atoms with E-state index in [0.29, 0.717) is 19.6 Å². The molecule has 0 heterocycles. The van der Waals surface area contributed by atoms with E-state index >= 15 is 0 Å². The Bertz CT molecular complexity index is 219. The van der Waals surface area contributed by atoms with Gasteiger partial charge in [-0.05, 0) is 26.9 Å². The summed E-state index contributed by atoms with van der Waals surface area (Å²) in [6.07, 6.45) is -1.24. The molecule has 0 spiro atoms. The number of hydrogen-bond donors (Lipinski definition) is 4. The first-order chi connectivity index (χ1) is 8.19. The van der Waals surface area contributed by atoms with Crippen LogP contribution in [0.25, 0.3) is 0 Å². The summed E-state index contributed by atoms with van der Waals surface area (Å²) in [6, 6.07) is 0. The number of aliphatic hydroxyl groups is 4. The molecule has 0 saturated carbocycles. The van der Waals surface area contributed by atoms with E-state index in [1.807, 2.05) is 18.7 Å². The average Bonchev–Trinajstić information content (AvgIpc) is 2.22. The van der Waals surface area contributed by atoms with Gasteiger partial charge in [0.2, 0.25) is 0 Å². The van der Waals surface area contributed by atoms with Gasteiger partial charge in [0.25, 0.3) is 0 Å². The van der Waals surface area contributed by atoms with Crippen LogP contribution in [-0.4, -0.2) is 81.1 Å². The highest BCUT2D eigenvalue weighted by atomic mass is 16.5. The van der Waals surface area contributed by atoms with Crippen LogP contribution in [0.1, 0.15) is 27.7 Å². The van der Waals surface area contributed by atoms with Gasteiger partial charge in [0.05, 0.1) is 12.6 Å². The third-order valence-corrected chi connectivity index (χ3v) is 2.72. The Kier molecular flexibility index (Phi) is 7.93. The largest absolute Gasteiger partial charge is 0.392 e. The second-order valence-corrected chi connectivity index (χ2v) is 4.96. The Morgan fingerprint density at radius 1 is 1.06 bits per heavy atom. The Balaban J connectivity index is 4.36. The van der Waals surface area contributed by atoms with Gasteiger partial charge in [-0.15, -0.1) is 0 Å². The maximum Gasteiger partial charge on any atom is 0.172 e. The second-order valence-electron chi connectivity index (χ2n) is 4.96. The number of nitrogens with zero attached hydrogens (tertiary/aromatic N) is 2. The van der Waals surface area contributed by atoms with Gasteiger partial charge in [-0.3, -0.25) is 9.80 Å². The van der Waals surface area contributed by atoms with E-state index in [9.17, 15) is 20.4 Å². The van der Waals surface area contributed by atoms with E-state index in [1.165, 1.54) is 6.92 Å². The maximum atomic E-state index is 10.1. The molecule has 0 aliphatic rings. The predicted octanol–water partition coefficient (Wildman–Crippen LogP) is -0.970. The molecule has 0 fully saturated rings. The molecule has 0 radical (unpaired) electrons. The van der Waals surface area contributed by atoms with Gasteiger partial charge < -0.3 is 20.4 Å². The monoisotopic (exact) mass is 264 g/mol. The zero-order valence-corrected chi connectivity index (χ0v) is 11.9. The number of hydrogen-bond acceptors (Lipinski definition) is 6. The summed E-state index contributed by atoms with van der Waals surface area (Å²) in [6.45, 7) is 8.86. The molecule has 0 saturated heterocycles. The summed E-state index contributed by atoms with van der Waals surface area (Å²) in [5.41, 5.74) is 0. The summed E-state index contributed by atoms with van der Waals surface area (Å²) in [5.74, 6) is -1.82. The van der Waals surface area contributed by atoms with Crippen LogP contribution in [0.4, 0.5) is 0 Å². The first-order valence-electron chi connectivity index (χ1n) is 6.46. The van der Waals surface area contributed by atoms with Crippen molar-refractivity contribution < 1.29 is 20.4 Å². The van der Waals surface area contributed by atoms with Crippen molar-refractivity contribution in [3.63, 3.8) is 0 Å². The quantitative estimate of drug-likeness (QED) is 0.401. The van der Waals surface area contributed by atoms with Crippen molar-refractivity contribution in [1.29, 1.82) is 0 Å². The third-order valence-electron chi connectivity index (χ3n) is 2.72. The predicted molar refractivity (Wildman–Crippen MR) is 69.9 cm³/mol. The van der Waals surface area contributed by atoms with E-state index in [2.05, 4.69) is 0 Å². The van der Waals surface area contributed by atoms with Crippen LogP contribution in [0.2, 0.25) is 0 Å². The molecule has 0 aliphatic carbocycles. The van der Waals surface area contributed by atoms with E-state index in [0.717, 1.165) is 6.54 Å². The standard InChI is InChI=1S/C12H28N2O4/c1-5-13(7-10(3)15)8-11(16)14(6-2)9-12(4,17)18/h10-11,15-18H,5-9H2,1-4H3/t10-,11+/m0/s1. The molecule has 0 aliphatic heterocycles. The van der Waals surface area contributed by atoms with Crippen LogP contribution in [0.15, 0.2) is 0 Å². The number of aliphatic hydroxyl groups excluding tert-OH is 2. The molecule has 0 amide bonds. The summed E-state index contributed by atoms with van der Waals surface area (Å²) < 4.78 is 0. The number of rotatable bonds is 9. The molecule has 0 aromatic heterocycles. The topological polar surface area (TPSA) is 87.4 Å². The van der Waals surface area contributed by atoms with Crippen molar-refractivity contribution in [3.8, 4) is 0 Å². The van der Waals surface area contributed by atoms with Crippen molar-refractivity contribution >= 4 is 0 Å². The van der Waals surface area contributed by atoms with Crippen LogP contribution >= 0.6 is 0 Å². The lowest BCUT2D eigenvalue weighted by molar-refractivity contribution is -0.177. The van der Waals surface area contributed by atoms with Crippen molar-refractivity contribution in [1.82, 2.24) is 9.80 Å². The average molecular weight is 264 g/mol. The lowest BCUT2D eigenvalue weighted by atomic mass is 10.2.